The van der Waals surface area contributed by atoms with E-state index in [0.717, 1.165) is 30.4 Å². The Labute approximate surface area is 182 Å². The van der Waals surface area contributed by atoms with Crippen LogP contribution in [0.1, 0.15) is 47.9 Å². The third-order valence-electron chi connectivity index (χ3n) is 5.74. The van der Waals surface area contributed by atoms with E-state index in [0.29, 0.717) is 37.2 Å². The minimum atomic E-state index is -0.495. The fourth-order valence-corrected chi connectivity index (χ4v) is 4.22. The molecule has 0 radical (unpaired) electrons. The largest absolute Gasteiger partial charge is 0.444 e. The first-order chi connectivity index (χ1) is 14.7. The van der Waals surface area contributed by atoms with Crippen LogP contribution in [0.25, 0.3) is 10.8 Å². The second-order valence-electron chi connectivity index (χ2n) is 9.13. The Morgan fingerprint density at radius 1 is 0.903 bits per heavy atom. The molecule has 0 bridgehead atoms. The van der Waals surface area contributed by atoms with Gasteiger partial charge in [0.15, 0.2) is 0 Å². The summed E-state index contributed by atoms with van der Waals surface area (Å²) in [7, 11) is 0. The van der Waals surface area contributed by atoms with Crippen molar-refractivity contribution >= 4 is 28.7 Å². The molecule has 2 aromatic carbocycles. The van der Waals surface area contributed by atoms with Crippen LogP contribution in [0, 0.1) is 0 Å². The van der Waals surface area contributed by atoms with Crippen molar-refractivity contribution in [2.24, 2.45) is 0 Å². The van der Waals surface area contributed by atoms with Gasteiger partial charge < -0.3 is 9.64 Å². The Balaban J connectivity index is 1.32. The average molecular weight is 424 g/mol. The summed E-state index contributed by atoms with van der Waals surface area (Å²) in [5.41, 5.74) is 0.697. The predicted octanol–water partition coefficient (Wildman–Crippen LogP) is 3.38. The number of carbonyl (C=O) groups excluding carboxylic acids is 3. The lowest BCUT2D eigenvalue weighted by atomic mass is 9.94. The van der Waals surface area contributed by atoms with Crippen LogP contribution >= 0.6 is 0 Å². The van der Waals surface area contributed by atoms with Gasteiger partial charge in [0.1, 0.15) is 5.60 Å². The van der Waals surface area contributed by atoms with E-state index < -0.39 is 5.60 Å². The quantitative estimate of drug-likeness (QED) is 0.705. The molecule has 0 aliphatic carbocycles. The first kappa shape index (κ1) is 21.3. The van der Waals surface area contributed by atoms with Gasteiger partial charge in [-0.25, -0.2) is 4.79 Å². The fourth-order valence-electron chi connectivity index (χ4n) is 4.22. The second kappa shape index (κ2) is 8.30. The number of hydrogen-bond donors (Lipinski definition) is 0. The number of imide groups is 1. The van der Waals surface area contributed by atoms with Crippen LogP contribution in [0.4, 0.5) is 4.79 Å². The topological polar surface area (TPSA) is 70.2 Å². The van der Waals surface area contributed by atoms with E-state index in [1.165, 1.54) is 4.90 Å². The molecule has 0 saturated carbocycles. The Morgan fingerprint density at radius 3 is 2.03 bits per heavy atom. The van der Waals surface area contributed by atoms with E-state index >= 15 is 0 Å². The molecule has 3 amide bonds. The van der Waals surface area contributed by atoms with Crippen LogP contribution in [0.5, 0.6) is 0 Å². The molecule has 0 aromatic heterocycles. The molecule has 0 N–H and O–H groups in total. The van der Waals surface area contributed by atoms with Crippen molar-refractivity contribution in [1.82, 2.24) is 14.7 Å². The van der Waals surface area contributed by atoms with Crippen LogP contribution in [0.2, 0.25) is 0 Å². The van der Waals surface area contributed by atoms with Crippen molar-refractivity contribution < 1.29 is 19.1 Å². The van der Waals surface area contributed by atoms with Gasteiger partial charge in [0.25, 0.3) is 11.8 Å². The zero-order chi connectivity index (χ0) is 22.2. The highest BCUT2D eigenvalue weighted by Crippen LogP contribution is 2.30. The average Bonchev–Trinajstić information content (AvgIpc) is 2.73. The molecule has 7 nitrogen and oxygen atoms in total. The van der Waals surface area contributed by atoms with E-state index in [-0.39, 0.29) is 17.9 Å². The van der Waals surface area contributed by atoms with Crippen molar-refractivity contribution in [3.05, 3.63) is 47.5 Å². The van der Waals surface area contributed by atoms with Gasteiger partial charge in [0, 0.05) is 49.2 Å². The van der Waals surface area contributed by atoms with Crippen LogP contribution in [0.3, 0.4) is 0 Å². The zero-order valence-corrected chi connectivity index (χ0v) is 18.4. The van der Waals surface area contributed by atoms with Crippen LogP contribution < -0.4 is 0 Å². The summed E-state index contributed by atoms with van der Waals surface area (Å²) < 4.78 is 5.44. The number of carbonyl (C=O) groups is 3. The van der Waals surface area contributed by atoms with Crippen molar-refractivity contribution in [1.29, 1.82) is 0 Å². The lowest BCUT2D eigenvalue weighted by Crippen LogP contribution is -2.50. The van der Waals surface area contributed by atoms with Crippen LogP contribution in [-0.4, -0.2) is 77.5 Å². The normalized spacial score (nSPS) is 17.4. The highest BCUT2D eigenvalue weighted by molar-refractivity contribution is 6.25. The van der Waals surface area contributed by atoms with Crippen molar-refractivity contribution in [2.45, 2.75) is 32.8 Å². The summed E-state index contributed by atoms with van der Waals surface area (Å²) in [5, 5.41) is 1.67. The lowest BCUT2D eigenvalue weighted by Gasteiger charge is -2.36. The summed E-state index contributed by atoms with van der Waals surface area (Å²) in [6.45, 7) is 9.49. The zero-order valence-electron chi connectivity index (χ0n) is 18.4. The molecule has 0 spiro atoms. The molecule has 1 saturated heterocycles. The number of hydrogen-bond acceptors (Lipinski definition) is 5. The molecule has 164 valence electrons. The molecular formula is C24H29N3O4. The van der Waals surface area contributed by atoms with Gasteiger partial charge in [-0.3, -0.25) is 19.4 Å². The van der Waals surface area contributed by atoms with Gasteiger partial charge in [-0.05, 0) is 51.3 Å². The van der Waals surface area contributed by atoms with Gasteiger partial charge in [0.05, 0.1) is 0 Å². The fraction of sp³-hybridized carbons (Fsp3) is 0.458. The monoisotopic (exact) mass is 423 g/mol. The molecule has 2 aliphatic heterocycles. The van der Waals surface area contributed by atoms with E-state index in [4.69, 9.17) is 4.74 Å². The Morgan fingerprint density at radius 2 is 1.48 bits per heavy atom. The maximum absolute atomic E-state index is 13.0. The molecule has 2 aromatic rings. The number of benzene rings is 2. The summed E-state index contributed by atoms with van der Waals surface area (Å²) in [6.07, 6.45) is 0.423. The molecule has 2 aliphatic rings. The highest BCUT2D eigenvalue weighted by Gasteiger charge is 2.32. The maximum Gasteiger partial charge on any atom is 0.410 e. The number of piperazine rings is 1. The number of rotatable bonds is 4. The molecular weight excluding hydrogens is 394 g/mol. The van der Waals surface area contributed by atoms with Crippen molar-refractivity contribution in [3.63, 3.8) is 0 Å². The van der Waals surface area contributed by atoms with Gasteiger partial charge >= 0.3 is 6.09 Å². The first-order valence-corrected chi connectivity index (χ1v) is 10.8. The molecule has 2 heterocycles. The Kier molecular flexibility index (Phi) is 5.71. The SMILES string of the molecule is CC(C)(C)OC(=O)N1CCN(CCCN2C(=O)c3cccc4cccc(c34)C2=O)CC1. The van der Waals surface area contributed by atoms with Crippen LogP contribution in [0.15, 0.2) is 36.4 Å². The minimum Gasteiger partial charge on any atom is -0.444 e. The van der Waals surface area contributed by atoms with E-state index in [1.807, 2.05) is 45.0 Å². The number of nitrogens with zero attached hydrogens (tertiary/aromatic N) is 3. The molecule has 1 fully saturated rings. The highest BCUT2D eigenvalue weighted by atomic mass is 16.6. The van der Waals surface area contributed by atoms with Crippen molar-refractivity contribution in [3.8, 4) is 0 Å². The minimum absolute atomic E-state index is 0.218. The second-order valence-corrected chi connectivity index (χ2v) is 9.13. The number of amides is 3. The van der Waals surface area contributed by atoms with E-state index in [1.54, 1.807) is 17.0 Å². The maximum atomic E-state index is 13.0. The number of ether oxygens (including phenoxy) is 1. The molecule has 7 heteroatoms. The predicted molar refractivity (Wildman–Crippen MR) is 118 cm³/mol. The van der Waals surface area contributed by atoms with Crippen LogP contribution in [-0.2, 0) is 4.74 Å². The summed E-state index contributed by atoms with van der Waals surface area (Å²) in [4.78, 5) is 43.5. The first-order valence-electron chi connectivity index (χ1n) is 10.8. The van der Waals surface area contributed by atoms with Gasteiger partial charge in [-0.2, -0.15) is 0 Å². The van der Waals surface area contributed by atoms with E-state index in [9.17, 15) is 14.4 Å². The third-order valence-corrected chi connectivity index (χ3v) is 5.74. The smallest absolute Gasteiger partial charge is 0.410 e. The molecule has 4 rings (SSSR count). The third kappa shape index (κ3) is 4.42. The molecule has 0 unspecified atom stereocenters. The van der Waals surface area contributed by atoms with Gasteiger partial charge in [-0.15, -0.1) is 0 Å². The molecule has 0 atom stereocenters. The summed E-state index contributed by atoms with van der Waals surface area (Å²) in [6, 6.07) is 11.2. The Hall–Kier alpha value is -2.93. The van der Waals surface area contributed by atoms with Crippen molar-refractivity contribution in [2.75, 3.05) is 39.3 Å². The summed E-state index contributed by atoms with van der Waals surface area (Å²) in [5.74, 6) is -0.437. The Bertz CT molecular complexity index is 968. The molecule has 31 heavy (non-hydrogen) atoms. The lowest BCUT2D eigenvalue weighted by molar-refractivity contribution is 0.0141. The summed E-state index contributed by atoms with van der Waals surface area (Å²) >= 11 is 0. The van der Waals surface area contributed by atoms with Gasteiger partial charge in [-0.1, -0.05) is 24.3 Å². The standard InChI is InChI=1S/C24H29N3O4/c1-24(2,3)31-23(30)26-15-13-25(14-16-26)11-6-12-27-21(28)18-9-4-7-17-8-5-10-19(20(17)18)22(27)29/h4-5,7-10H,6,11-16H2,1-3H3. The van der Waals surface area contributed by atoms with E-state index in [2.05, 4.69) is 4.90 Å². The van der Waals surface area contributed by atoms with Gasteiger partial charge in [0.2, 0.25) is 0 Å².